The first kappa shape index (κ1) is 14.5. The minimum Gasteiger partial charge on any atom is -0.271 e. The van der Waals surface area contributed by atoms with E-state index in [1.165, 1.54) is 11.1 Å². The van der Waals surface area contributed by atoms with Crippen LogP contribution < -0.4 is 11.3 Å². The second-order valence-electron chi connectivity index (χ2n) is 4.63. The number of rotatable bonds is 3. The molecule has 0 spiro atoms. The number of halogens is 2. The van der Waals surface area contributed by atoms with E-state index < -0.39 is 0 Å². The zero-order valence-electron chi connectivity index (χ0n) is 10.9. The highest BCUT2D eigenvalue weighted by Gasteiger charge is 2.18. The van der Waals surface area contributed by atoms with Crippen LogP contribution in [-0.2, 0) is 0 Å². The molecule has 1 atom stereocenters. The SMILES string of the molecule is Cc1ccc(C)c(C(NN)c2cc(Br)ccc2Cl)c1. The maximum atomic E-state index is 6.30. The Balaban J connectivity index is 2.55. The van der Waals surface area contributed by atoms with Gasteiger partial charge in [0.15, 0.2) is 0 Å². The van der Waals surface area contributed by atoms with Crippen LogP contribution in [0.25, 0.3) is 0 Å². The van der Waals surface area contributed by atoms with Crippen molar-refractivity contribution in [2.45, 2.75) is 19.9 Å². The van der Waals surface area contributed by atoms with Gasteiger partial charge in [-0.2, -0.15) is 0 Å². The molecule has 1 unspecified atom stereocenters. The van der Waals surface area contributed by atoms with Gasteiger partial charge in [0.2, 0.25) is 0 Å². The third-order valence-electron chi connectivity index (χ3n) is 3.18. The van der Waals surface area contributed by atoms with E-state index >= 15 is 0 Å². The normalized spacial score (nSPS) is 12.5. The Morgan fingerprint density at radius 2 is 1.84 bits per heavy atom. The molecule has 4 heteroatoms. The molecule has 2 rings (SSSR count). The van der Waals surface area contributed by atoms with Crippen LogP contribution in [0.1, 0.15) is 28.3 Å². The van der Waals surface area contributed by atoms with Crippen molar-refractivity contribution in [1.82, 2.24) is 5.43 Å². The van der Waals surface area contributed by atoms with Gasteiger partial charge in [-0.15, -0.1) is 0 Å². The van der Waals surface area contributed by atoms with E-state index in [9.17, 15) is 0 Å². The molecule has 0 aliphatic rings. The van der Waals surface area contributed by atoms with Gasteiger partial charge in [0.1, 0.15) is 0 Å². The van der Waals surface area contributed by atoms with E-state index in [0.717, 1.165) is 15.6 Å². The molecule has 0 fully saturated rings. The van der Waals surface area contributed by atoms with Crippen molar-refractivity contribution >= 4 is 27.5 Å². The fourth-order valence-corrected chi connectivity index (χ4v) is 2.76. The van der Waals surface area contributed by atoms with Crippen LogP contribution in [0.5, 0.6) is 0 Å². The lowest BCUT2D eigenvalue weighted by molar-refractivity contribution is 0.633. The van der Waals surface area contributed by atoms with Gasteiger partial charge in [0, 0.05) is 9.50 Å². The minimum absolute atomic E-state index is 0.120. The summed E-state index contributed by atoms with van der Waals surface area (Å²) in [5.41, 5.74) is 7.36. The Morgan fingerprint density at radius 1 is 1.11 bits per heavy atom. The van der Waals surface area contributed by atoms with Crippen LogP contribution in [0.4, 0.5) is 0 Å². The number of hydrazine groups is 1. The van der Waals surface area contributed by atoms with E-state index in [1.54, 1.807) is 0 Å². The summed E-state index contributed by atoms with van der Waals surface area (Å²) >= 11 is 9.77. The molecule has 0 aromatic heterocycles. The molecule has 2 aromatic carbocycles. The van der Waals surface area contributed by atoms with Gasteiger partial charge in [0.25, 0.3) is 0 Å². The van der Waals surface area contributed by atoms with Crippen molar-refractivity contribution in [1.29, 1.82) is 0 Å². The number of nitrogens with one attached hydrogen (secondary N) is 1. The van der Waals surface area contributed by atoms with Gasteiger partial charge in [-0.1, -0.05) is 51.3 Å². The zero-order chi connectivity index (χ0) is 14.0. The summed E-state index contributed by atoms with van der Waals surface area (Å²) in [5.74, 6) is 5.75. The molecule has 0 saturated heterocycles. The molecular weight excluding hydrogens is 324 g/mol. The lowest BCUT2D eigenvalue weighted by Gasteiger charge is -2.21. The molecule has 2 aromatic rings. The van der Waals surface area contributed by atoms with Gasteiger partial charge >= 0.3 is 0 Å². The topological polar surface area (TPSA) is 38.0 Å². The van der Waals surface area contributed by atoms with Gasteiger partial charge in [0.05, 0.1) is 6.04 Å². The molecule has 0 aliphatic carbocycles. The van der Waals surface area contributed by atoms with Crippen LogP contribution in [0.2, 0.25) is 5.02 Å². The van der Waals surface area contributed by atoms with E-state index in [0.29, 0.717) is 5.02 Å². The Morgan fingerprint density at radius 3 is 2.53 bits per heavy atom. The number of hydrogen-bond acceptors (Lipinski definition) is 2. The summed E-state index contributed by atoms with van der Waals surface area (Å²) < 4.78 is 0.984. The fourth-order valence-electron chi connectivity index (χ4n) is 2.15. The monoisotopic (exact) mass is 338 g/mol. The molecule has 0 radical (unpaired) electrons. The summed E-state index contributed by atoms with van der Waals surface area (Å²) in [6, 6.07) is 12.0. The summed E-state index contributed by atoms with van der Waals surface area (Å²) in [4.78, 5) is 0. The molecule has 100 valence electrons. The fraction of sp³-hybridized carbons (Fsp3) is 0.200. The molecule has 3 N–H and O–H groups in total. The van der Waals surface area contributed by atoms with Crippen molar-refractivity contribution < 1.29 is 0 Å². The molecule has 2 nitrogen and oxygen atoms in total. The highest BCUT2D eigenvalue weighted by molar-refractivity contribution is 9.10. The van der Waals surface area contributed by atoms with Crippen LogP contribution in [0.3, 0.4) is 0 Å². The Bertz CT molecular complexity index is 547. The predicted molar refractivity (Wildman–Crippen MR) is 84.2 cm³/mol. The Labute approximate surface area is 127 Å². The number of benzene rings is 2. The molecule has 0 saturated carbocycles. The quantitative estimate of drug-likeness (QED) is 0.647. The third-order valence-corrected chi connectivity index (χ3v) is 4.02. The molecule has 0 amide bonds. The maximum absolute atomic E-state index is 6.30. The van der Waals surface area contributed by atoms with E-state index in [1.807, 2.05) is 18.2 Å². The van der Waals surface area contributed by atoms with E-state index in [2.05, 4.69) is 53.4 Å². The molecule has 19 heavy (non-hydrogen) atoms. The first-order chi connectivity index (χ1) is 9.02. The average molecular weight is 340 g/mol. The second kappa shape index (κ2) is 6.06. The van der Waals surface area contributed by atoms with Crippen molar-refractivity contribution in [3.05, 3.63) is 68.1 Å². The van der Waals surface area contributed by atoms with Crippen molar-refractivity contribution in [2.75, 3.05) is 0 Å². The number of aryl methyl sites for hydroxylation is 2. The number of nitrogens with two attached hydrogens (primary N) is 1. The Kier molecular flexibility index (Phi) is 4.63. The van der Waals surface area contributed by atoms with E-state index in [4.69, 9.17) is 17.4 Å². The van der Waals surface area contributed by atoms with Crippen LogP contribution in [-0.4, -0.2) is 0 Å². The average Bonchev–Trinajstić information content (AvgIpc) is 2.38. The van der Waals surface area contributed by atoms with E-state index in [-0.39, 0.29) is 6.04 Å². The summed E-state index contributed by atoms with van der Waals surface area (Å²) in [6.07, 6.45) is 0. The smallest absolute Gasteiger partial charge is 0.0727 e. The Hall–Kier alpha value is -0.870. The van der Waals surface area contributed by atoms with Crippen LogP contribution in [0.15, 0.2) is 40.9 Å². The number of hydrogen-bond donors (Lipinski definition) is 2. The molecule has 0 heterocycles. The van der Waals surface area contributed by atoms with Crippen molar-refractivity contribution in [3.63, 3.8) is 0 Å². The standard InChI is InChI=1S/C15H16BrClN2/c1-9-3-4-10(2)12(7-9)15(19-18)13-8-11(16)5-6-14(13)17/h3-8,15,19H,18H2,1-2H3. The zero-order valence-corrected chi connectivity index (χ0v) is 13.2. The summed E-state index contributed by atoms with van der Waals surface area (Å²) in [6.45, 7) is 4.14. The lowest BCUT2D eigenvalue weighted by atomic mass is 9.94. The second-order valence-corrected chi connectivity index (χ2v) is 5.95. The van der Waals surface area contributed by atoms with Crippen LogP contribution in [0, 0.1) is 13.8 Å². The van der Waals surface area contributed by atoms with Crippen molar-refractivity contribution in [2.24, 2.45) is 5.84 Å². The van der Waals surface area contributed by atoms with Gasteiger partial charge in [-0.05, 0) is 48.7 Å². The largest absolute Gasteiger partial charge is 0.271 e. The molecule has 0 bridgehead atoms. The molecular formula is C15H16BrClN2. The van der Waals surface area contributed by atoms with Gasteiger partial charge in [-0.3, -0.25) is 5.84 Å². The predicted octanol–water partition coefficient (Wildman–Crippen LogP) is 4.27. The first-order valence-electron chi connectivity index (χ1n) is 6.01. The van der Waals surface area contributed by atoms with Crippen LogP contribution >= 0.6 is 27.5 Å². The molecule has 0 aliphatic heterocycles. The summed E-state index contributed by atoms with van der Waals surface area (Å²) in [7, 11) is 0. The maximum Gasteiger partial charge on any atom is 0.0727 e. The van der Waals surface area contributed by atoms with Crippen molar-refractivity contribution in [3.8, 4) is 0 Å². The first-order valence-corrected chi connectivity index (χ1v) is 7.18. The third kappa shape index (κ3) is 3.18. The van der Waals surface area contributed by atoms with Gasteiger partial charge in [-0.25, -0.2) is 5.43 Å². The highest BCUT2D eigenvalue weighted by atomic mass is 79.9. The lowest BCUT2D eigenvalue weighted by Crippen LogP contribution is -2.29. The minimum atomic E-state index is -0.120. The van der Waals surface area contributed by atoms with Gasteiger partial charge < -0.3 is 0 Å². The summed E-state index contributed by atoms with van der Waals surface area (Å²) in [5, 5.41) is 0.701. The highest BCUT2D eigenvalue weighted by Crippen LogP contribution is 2.32.